The van der Waals surface area contributed by atoms with Crippen LogP contribution in [0.2, 0.25) is 30.1 Å². The van der Waals surface area contributed by atoms with E-state index in [2.05, 4.69) is 45.2 Å². The number of hydrogen-bond donors (Lipinski definition) is 6. The molecule has 114 heavy (non-hydrogen) atoms. The van der Waals surface area contributed by atoms with E-state index in [0.29, 0.717) is 149 Å². The van der Waals surface area contributed by atoms with Gasteiger partial charge in [-0.3, -0.25) is 48.3 Å². The maximum atomic E-state index is 13.7. The van der Waals surface area contributed by atoms with Crippen molar-refractivity contribution in [3.63, 3.8) is 0 Å². The topological polar surface area (TPSA) is 303 Å². The van der Waals surface area contributed by atoms with Crippen molar-refractivity contribution < 1.29 is 77.3 Å². The molecule has 0 fully saturated rings. The number of hydrogen-bond acceptors (Lipinski definition) is 17. The van der Waals surface area contributed by atoms with Crippen LogP contribution in [0.3, 0.4) is 0 Å². The molecule has 3 heterocycles. The number of halogens is 6. The number of carboxylic acids is 1. The third-order valence-electron chi connectivity index (χ3n) is 19.7. The van der Waals surface area contributed by atoms with Gasteiger partial charge < -0.3 is 52.1 Å². The van der Waals surface area contributed by atoms with Gasteiger partial charge in [0.05, 0.1) is 75.5 Å². The molecule has 0 saturated carbocycles. The van der Waals surface area contributed by atoms with Crippen molar-refractivity contribution >= 4 is 157 Å². The fourth-order valence-corrected chi connectivity index (χ4v) is 16.7. The number of Topliss-reactive ketones (excluding diaryl/α,β-unsaturated/α-hetero) is 3. The van der Waals surface area contributed by atoms with Crippen LogP contribution in [0.5, 0.6) is 0 Å². The Labute approximate surface area is 710 Å². The molecule has 3 unspecified atom stereocenters. The monoisotopic (exact) mass is 1670 g/mol. The molecular weight excluding hydrogens is 1570 g/mol. The third kappa shape index (κ3) is 21.8. The number of esters is 1. The van der Waals surface area contributed by atoms with Crippen LogP contribution < -0.4 is 60.6 Å². The minimum atomic E-state index is -1.18. The third-order valence-corrected chi connectivity index (χ3v) is 21.4. The number of anilines is 6. The molecule has 22 nitrogen and oxygen atoms in total. The summed E-state index contributed by atoms with van der Waals surface area (Å²) < 4.78 is 5.29. The van der Waals surface area contributed by atoms with Crippen LogP contribution in [0.25, 0.3) is 0 Å². The molecule has 6 aromatic carbocycles. The Bertz CT molecular complexity index is 4810. The maximum Gasteiger partial charge on any atom is 1.00 e. The molecule has 12 rings (SSSR count). The summed E-state index contributed by atoms with van der Waals surface area (Å²) in [5, 5.41) is 25.2. The molecule has 6 aromatic rings. The number of carbonyl (C=O) groups is 9. The first-order chi connectivity index (χ1) is 52.2. The molecule has 8 N–H and O–H groups in total. The fraction of sp³-hybridized carbons (Fsp3) is 0.400. The van der Waals surface area contributed by atoms with Gasteiger partial charge in [-0.2, -0.15) is 0 Å². The number of ketones is 3. The van der Waals surface area contributed by atoms with Gasteiger partial charge in [-0.15, -0.1) is 0 Å². The molecule has 4 amide bonds. The first-order valence-electron chi connectivity index (χ1n) is 36.6. The number of amides is 4. The predicted octanol–water partition coefficient (Wildman–Crippen LogP) is 15.4. The Morgan fingerprint density at radius 2 is 0.825 bits per heavy atom. The fourth-order valence-electron chi connectivity index (χ4n) is 15.2. The number of allylic oxidation sites excluding steroid dienone is 3. The summed E-state index contributed by atoms with van der Waals surface area (Å²) in [4.78, 5) is 128. The molecule has 0 saturated heterocycles. The van der Waals surface area contributed by atoms with Crippen LogP contribution in [0, 0.1) is 16.2 Å². The summed E-state index contributed by atoms with van der Waals surface area (Å²) in [6, 6.07) is 27.5. The summed E-state index contributed by atoms with van der Waals surface area (Å²) in [6.45, 7) is 21.5. The van der Waals surface area contributed by atoms with E-state index in [-0.39, 0.29) is 112 Å². The van der Waals surface area contributed by atoms with Crippen molar-refractivity contribution in [2.24, 2.45) is 22.0 Å². The Morgan fingerprint density at radius 3 is 1.12 bits per heavy atom. The molecule has 0 aromatic heterocycles. The van der Waals surface area contributed by atoms with E-state index < -0.39 is 36.0 Å². The van der Waals surface area contributed by atoms with Crippen LogP contribution in [0.1, 0.15) is 194 Å². The number of nitrogens with one attached hydrogen (secondary N) is 4. The van der Waals surface area contributed by atoms with Gasteiger partial charge in [-0.25, -0.2) is 9.59 Å². The number of benzene rings is 6. The number of nitrogens with zero attached hydrogens (tertiary/aromatic N) is 5. The number of para-hydroxylation sites is 3. The van der Waals surface area contributed by atoms with E-state index in [1.54, 1.807) is 104 Å². The smallest absolute Gasteiger partial charge is 0.870 e. The zero-order chi connectivity index (χ0) is 81.6. The summed E-state index contributed by atoms with van der Waals surface area (Å²) in [5.41, 5.74) is 12.6. The van der Waals surface area contributed by atoms with Crippen molar-refractivity contribution in [2.75, 3.05) is 91.6 Å². The summed E-state index contributed by atoms with van der Waals surface area (Å²) in [7, 11) is 8.06. The van der Waals surface area contributed by atoms with Gasteiger partial charge in [-0.1, -0.05) is 155 Å². The van der Waals surface area contributed by atoms with Gasteiger partial charge in [-0.05, 0) is 193 Å². The van der Waals surface area contributed by atoms with Gasteiger partial charge in [0.25, 0.3) is 5.91 Å². The normalized spacial score (nSPS) is 18.0. The van der Waals surface area contributed by atoms with Crippen molar-refractivity contribution in [1.29, 1.82) is 0 Å². The van der Waals surface area contributed by atoms with Gasteiger partial charge in [0.1, 0.15) is 0 Å². The largest absolute Gasteiger partial charge is 1.00 e. The number of carbonyl (C=O) groups excluding carboxylic acids is 8. The first-order valence-corrected chi connectivity index (χ1v) is 38.9. The zero-order valence-corrected chi connectivity index (χ0v) is 70.9. The number of aromatic carboxylic acids is 1. The van der Waals surface area contributed by atoms with E-state index in [0.717, 1.165) is 38.2 Å². The Kier molecular flexibility index (Phi) is 33.0. The van der Waals surface area contributed by atoms with Crippen LogP contribution in [-0.2, 0) is 33.5 Å². The van der Waals surface area contributed by atoms with Crippen molar-refractivity contribution in [3.05, 3.63) is 207 Å². The van der Waals surface area contributed by atoms with E-state index in [1.165, 1.54) is 41.5 Å². The van der Waals surface area contributed by atoms with Gasteiger partial charge in [0.2, 0.25) is 17.7 Å². The second-order valence-electron chi connectivity index (χ2n) is 31.2. The van der Waals surface area contributed by atoms with Crippen molar-refractivity contribution in [1.82, 2.24) is 15.1 Å². The van der Waals surface area contributed by atoms with E-state index in [4.69, 9.17) is 80.1 Å². The Hall–Kier alpha value is -8.05. The molecule has 6 aliphatic rings. The maximum absolute atomic E-state index is 13.7. The van der Waals surface area contributed by atoms with Gasteiger partial charge in [0, 0.05) is 111 Å². The first kappa shape index (κ1) is 94.8. The Balaban J connectivity index is 0.000000252. The molecule has 0 spiro atoms. The van der Waals surface area contributed by atoms with Crippen LogP contribution in [0.4, 0.5) is 34.1 Å². The second kappa shape index (κ2) is 39.7. The van der Waals surface area contributed by atoms with E-state index in [1.807, 2.05) is 61.7 Å². The number of fused-ring (bicyclic) bond motifs is 3. The molecule has 3 atom stereocenters. The molecular formula is C85H101Cl6LiN10O12. The van der Waals surface area contributed by atoms with Crippen LogP contribution >= 0.6 is 69.6 Å². The standard InChI is InChI=1S/C29H34Cl2N4O3.C26H26Cl2N2O4.C24H22Cl2N2O4.C5H14N2.CH4.Li.H2O/c1-17(36)35-26-20(28(38)32-12-7-13-34(4)5)8-6-9-22(26)33-23-15-29(2,3)16-24(37)25(23)27(35)19-11-10-18(30)14-21(19)31;1-5-34-25(33)17-7-6-8-19-23(17)30(14(2)31)24(16-10-9-15(27)11-18(16)28)22-20(29-19)12-26(3,4)13-21(22)32;1-12(29)28-21-15(23(31)32)5-4-6-17(21)27-18-10-24(2,3)11-19(30)20(18)22(28)14-8-7-13(25)9-16(14)26;1-7(2)5-3-4-6;;;/h6,8-11,14,27,33H,7,12-13,15-16H2,1-5H3,(H,32,38);6-11,24,29H,5,12-13H2,1-4H3;4-9,22,27H,10-11H2,1-3H3,(H,31,32);3-6H2,1-2H3;1H4;;1H2/q;;;;;+1;/p-1. The number of nitrogens with two attached hydrogens (primary N) is 1. The molecule has 3 aliphatic carbocycles. The quantitative estimate of drug-likeness (QED) is 0.0335. The summed E-state index contributed by atoms with van der Waals surface area (Å²) in [6.07, 6.45) is 4.57. The van der Waals surface area contributed by atoms with Gasteiger partial charge in [0.15, 0.2) is 17.3 Å². The number of rotatable bonds is 14. The summed E-state index contributed by atoms with van der Waals surface area (Å²) >= 11 is 38.4. The van der Waals surface area contributed by atoms with E-state index >= 15 is 0 Å². The average Bonchev–Trinajstić information content (AvgIpc) is 1.56. The van der Waals surface area contributed by atoms with Crippen LogP contribution in [-0.4, -0.2) is 134 Å². The summed E-state index contributed by atoms with van der Waals surface area (Å²) in [5.74, 6) is -3.35. The second-order valence-corrected chi connectivity index (χ2v) is 33.8. The number of carboxylic acid groups (broad SMARTS) is 1. The Morgan fingerprint density at radius 1 is 0.509 bits per heavy atom. The average molecular weight is 1670 g/mol. The minimum Gasteiger partial charge on any atom is -0.870 e. The molecule has 0 radical (unpaired) electrons. The minimum absolute atomic E-state index is 0. The van der Waals surface area contributed by atoms with Crippen molar-refractivity contribution in [2.45, 2.75) is 146 Å². The molecule has 606 valence electrons. The van der Waals surface area contributed by atoms with E-state index in [9.17, 15) is 48.3 Å². The number of ether oxygens (including phenoxy) is 1. The zero-order valence-electron chi connectivity index (χ0n) is 66.4. The molecule has 3 aliphatic heterocycles. The van der Waals surface area contributed by atoms with Crippen molar-refractivity contribution in [3.8, 4) is 0 Å². The molecule has 29 heteroatoms. The molecule has 0 bridgehead atoms. The van der Waals surface area contributed by atoms with Gasteiger partial charge >= 0.3 is 30.8 Å². The predicted molar refractivity (Wildman–Crippen MR) is 452 cm³/mol. The SMILES string of the molecule is C.CC(=O)N1c2c(cccc2C(=O)NCCCN(C)C)NC2=C(C(=O)CC(C)(C)C2)C1c1ccc(Cl)cc1Cl.CC(=O)N1c2c(cccc2C(=O)O)NC2=C(C(=O)CC(C)(C)C2)C1c1ccc(Cl)cc1Cl.CCOC(=O)c1cccc2c1N(C(C)=O)C(c1ccc(Cl)cc1Cl)C1=C(CC(C)(C)CC1=O)N2.CN(C)CCCN.[Li+].[OH-]. The van der Waals surface area contributed by atoms with Crippen LogP contribution in [0.15, 0.2) is 143 Å².